The van der Waals surface area contributed by atoms with Crippen LogP contribution in [0.4, 0.5) is 0 Å². The van der Waals surface area contributed by atoms with Crippen molar-refractivity contribution < 1.29 is 66.9 Å². The number of carbonyl (C=O) groups excluding carboxylic acids is 3. The van der Waals surface area contributed by atoms with Crippen LogP contribution in [0.3, 0.4) is 0 Å². The van der Waals surface area contributed by atoms with Gasteiger partial charge in [0, 0.05) is 20.8 Å². The van der Waals surface area contributed by atoms with Crippen LogP contribution in [0.2, 0.25) is 0 Å². The van der Waals surface area contributed by atoms with Gasteiger partial charge in [0.25, 0.3) is 0 Å². The molecule has 2 heterocycles. The van der Waals surface area contributed by atoms with Crippen LogP contribution < -0.4 is 0 Å². The number of benzene rings is 4. The number of hydrogen-bond donors (Lipinski definition) is 1. The smallest absolute Gasteiger partial charge is 0.305 e. The number of hydrogen-bond acceptors (Lipinski definition) is 14. The van der Waals surface area contributed by atoms with Gasteiger partial charge < -0.3 is 52.5 Å². The molecule has 10 atom stereocenters. The third-order valence-electron chi connectivity index (χ3n) is 9.77. The molecule has 0 unspecified atom stereocenters. The monoisotopic (exact) mass is 828 g/mol. The predicted octanol–water partition coefficient (Wildman–Crippen LogP) is 5.21. The molecule has 320 valence electrons. The summed E-state index contributed by atoms with van der Waals surface area (Å²) in [7, 11) is 0. The molecule has 60 heavy (non-hydrogen) atoms. The zero-order valence-electron chi connectivity index (χ0n) is 33.8. The minimum atomic E-state index is -1.70. The zero-order valence-corrected chi connectivity index (χ0v) is 33.8. The maximum atomic E-state index is 12.4. The summed E-state index contributed by atoms with van der Waals surface area (Å²) in [5, 5.41) is 11.1. The van der Waals surface area contributed by atoms with Crippen molar-refractivity contribution >= 4 is 17.9 Å². The molecule has 4 aromatic carbocycles. The molecule has 4 aromatic rings. The lowest BCUT2D eigenvalue weighted by atomic mass is 9.97. The van der Waals surface area contributed by atoms with E-state index in [-0.39, 0.29) is 33.0 Å². The Hall–Kier alpha value is -5.03. The van der Waals surface area contributed by atoms with E-state index in [0.717, 1.165) is 43.0 Å². The van der Waals surface area contributed by atoms with Crippen molar-refractivity contribution in [1.82, 2.24) is 0 Å². The Morgan fingerprint density at radius 1 is 0.450 bits per heavy atom. The molecule has 0 aromatic heterocycles. The average Bonchev–Trinajstić information content (AvgIpc) is 3.24. The summed E-state index contributed by atoms with van der Waals surface area (Å²) >= 11 is 0. The van der Waals surface area contributed by atoms with Gasteiger partial charge in [-0.15, -0.1) is 0 Å². The Balaban J connectivity index is 1.34. The molecule has 2 fully saturated rings. The first kappa shape index (κ1) is 44.5. The first-order chi connectivity index (χ1) is 29.1. The van der Waals surface area contributed by atoms with Gasteiger partial charge in [0.05, 0.1) is 39.6 Å². The summed E-state index contributed by atoms with van der Waals surface area (Å²) in [6.07, 6.45) is -11.9. The van der Waals surface area contributed by atoms with Crippen molar-refractivity contribution in [3.05, 3.63) is 144 Å². The van der Waals surface area contributed by atoms with E-state index >= 15 is 0 Å². The standard InChI is InChI=1S/C46H52O14/c1-30(47)56-41-38(59-45(58-32(3)49)39(50)42(41)57-31(2)48)29-55-46-44(54-27-36-22-14-7-15-23-36)43(53-26-35-20-12-6-13-21-35)40(52-25-34-18-10-5-11-19-34)37(60-46)28-51-24-33-16-8-4-9-17-33/h4-23,37-46,50H,24-29H2,1-3H3/t37-,38-,39-,40-,41+,42-,43+,44-,45+,46+/m1/s1. The third kappa shape index (κ3) is 13.0. The largest absolute Gasteiger partial charge is 0.456 e. The molecule has 2 aliphatic rings. The molecule has 0 spiro atoms. The van der Waals surface area contributed by atoms with Gasteiger partial charge in [-0.25, -0.2) is 0 Å². The number of ether oxygens (including phenoxy) is 10. The fourth-order valence-corrected chi connectivity index (χ4v) is 7.02. The number of rotatable bonds is 19. The van der Waals surface area contributed by atoms with Gasteiger partial charge in [-0.3, -0.25) is 14.4 Å². The predicted molar refractivity (Wildman–Crippen MR) is 213 cm³/mol. The maximum Gasteiger partial charge on any atom is 0.305 e. The lowest BCUT2D eigenvalue weighted by Crippen LogP contribution is -2.64. The Morgan fingerprint density at radius 2 is 0.850 bits per heavy atom. The summed E-state index contributed by atoms with van der Waals surface area (Å²) in [5.41, 5.74) is 3.68. The van der Waals surface area contributed by atoms with Crippen molar-refractivity contribution in [2.45, 2.75) is 109 Å². The van der Waals surface area contributed by atoms with Crippen molar-refractivity contribution in [1.29, 1.82) is 0 Å². The summed E-state index contributed by atoms with van der Waals surface area (Å²) in [6, 6.07) is 38.7. The van der Waals surface area contributed by atoms with Crippen molar-refractivity contribution in [3.63, 3.8) is 0 Å². The summed E-state index contributed by atoms with van der Waals surface area (Å²) in [4.78, 5) is 36.7. The summed E-state index contributed by atoms with van der Waals surface area (Å²) in [5.74, 6) is -2.29. The van der Waals surface area contributed by atoms with Gasteiger partial charge in [-0.05, 0) is 22.3 Å². The van der Waals surface area contributed by atoms with Crippen LogP contribution in [0.15, 0.2) is 121 Å². The fraction of sp³-hybridized carbons (Fsp3) is 0.413. The normalized spacial score (nSPS) is 26.5. The van der Waals surface area contributed by atoms with Crippen LogP contribution in [0.5, 0.6) is 0 Å². The molecule has 0 aliphatic carbocycles. The number of aliphatic hydroxyl groups excluding tert-OH is 1. The third-order valence-corrected chi connectivity index (χ3v) is 9.77. The van der Waals surface area contributed by atoms with E-state index in [2.05, 4.69) is 0 Å². The highest BCUT2D eigenvalue weighted by Gasteiger charge is 2.53. The topological polar surface area (TPSA) is 164 Å². The Kier molecular flexibility index (Phi) is 16.7. The second-order valence-electron chi connectivity index (χ2n) is 14.5. The number of aliphatic hydroxyl groups is 1. The highest BCUT2D eigenvalue weighted by atomic mass is 16.8. The van der Waals surface area contributed by atoms with E-state index < -0.39 is 79.3 Å². The van der Waals surface area contributed by atoms with Gasteiger partial charge >= 0.3 is 17.9 Å². The van der Waals surface area contributed by atoms with Gasteiger partial charge in [-0.1, -0.05) is 121 Å². The van der Waals surface area contributed by atoms with Gasteiger partial charge in [0.15, 0.2) is 24.6 Å². The Morgan fingerprint density at radius 3 is 1.33 bits per heavy atom. The van der Waals surface area contributed by atoms with E-state index in [4.69, 9.17) is 47.4 Å². The van der Waals surface area contributed by atoms with E-state index in [1.54, 1.807) is 0 Å². The maximum absolute atomic E-state index is 12.4. The van der Waals surface area contributed by atoms with Gasteiger partial charge in [0.1, 0.15) is 30.5 Å². The quantitative estimate of drug-likeness (QED) is 0.0968. The van der Waals surface area contributed by atoms with Gasteiger partial charge in [-0.2, -0.15) is 0 Å². The van der Waals surface area contributed by atoms with Crippen molar-refractivity contribution in [3.8, 4) is 0 Å². The second kappa shape index (κ2) is 22.5. The molecule has 0 radical (unpaired) electrons. The first-order valence-electron chi connectivity index (χ1n) is 19.8. The van der Waals surface area contributed by atoms with Crippen LogP contribution >= 0.6 is 0 Å². The van der Waals surface area contributed by atoms with Crippen LogP contribution in [-0.4, -0.2) is 97.6 Å². The first-order valence-corrected chi connectivity index (χ1v) is 19.8. The molecule has 2 saturated heterocycles. The zero-order chi connectivity index (χ0) is 42.3. The molecular formula is C46H52O14. The molecule has 14 heteroatoms. The lowest BCUT2D eigenvalue weighted by Gasteiger charge is -2.47. The minimum Gasteiger partial charge on any atom is -0.456 e. The molecule has 1 N–H and O–H groups in total. The van der Waals surface area contributed by atoms with Crippen molar-refractivity contribution in [2.24, 2.45) is 0 Å². The van der Waals surface area contributed by atoms with E-state index in [0.29, 0.717) is 6.61 Å². The Bertz CT molecular complexity index is 1900. The second-order valence-corrected chi connectivity index (χ2v) is 14.5. The van der Waals surface area contributed by atoms with Crippen LogP contribution in [0, 0.1) is 0 Å². The number of esters is 3. The molecular weight excluding hydrogens is 776 g/mol. The van der Waals surface area contributed by atoms with E-state index in [9.17, 15) is 19.5 Å². The fourth-order valence-electron chi connectivity index (χ4n) is 7.02. The van der Waals surface area contributed by atoms with Crippen LogP contribution in [0.1, 0.15) is 43.0 Å². The summed E-state index contributed by atoms with van der Waals surface area (Å²) < 4.78 is 62.0. The molecule has 6 rings (SSSR count). The molecule has 0 saturated carbocycles. The molecule has 14 nitrogen and oxygen atoms in total. The molecule has 2 aliphatic heterocycles. The SMILES string of the molecule is CC(=O)O[C@H]1O[C@H](CO[C@H]2O[C@H](COCc3ccccc3)[C@@H](OCc3ccccc3)[C@H](OCc3ccccc3)[C@H]2OCc2ccccc2)[C@H](OC(C)=O)[C@H](OC(C)=O)[C@H]1O. The van der Waals surface area contributed by atoms with Crippen molar-refractivity contribution in [2.75, 3.05) is 13.2 Å². The van der Waals surface area contributed by atoms with E-state index in [1.807, 2.05) is 121 Å². The summed E-state index contributed by atoms with van der Waals surface area (Å²) in [6.45, 7) is 3.97. The number of carbonyl (C=O) groups is 3. The highest BCUT2D eigenvalue weighted by Crippen LogP contribution is 2.34. The molecule has 0 amide bonds. The van der Waals surface area contributed by atoms with Gasteiger partial charge in [0.2, 0.25) is 6.29 Å². The highest BCUT2D eigenvalue weighted by molar-refractivity contribution is 5.68. The Labute approximate surface area is 349 Å². The van der Waals surface area contributed by atoms with Crippen LogP contribution in [0.25, 0.3) is 0 Å². The minimum absolute atomic E-state index is 0.0655. The van der Waals surface area contributed by atoms with Crippen LogP contribution in [-0.2, 0) is 88.2 Å². The lowest BCUT2D eigenvalue weighted by molar-refractivity contribution is -0.343. The van der Waals surface area contributed by atoms with E-state index in [1.165, 1.54) is 0 Å². The average molecular weight is 829 g/mol. The molecule has 0 bridgehead atoms.